The molecule has 4 rings (SSSR count). The molecular formula is C24H26Cl2FN3O. The Morgan fingerprint density at radius 2 is 1.74 bits per heavy atom. The number of nitrogens with one attached hydrogen (secondary N) is 1. The molecule has 2 atom stereocenters. The van der Waals surface area contributed by atoms with Gasteiger partial charge in [-0.05, 0) is 48.7 Å². The van der Waals surface area contributed by atoms with Crippen LogP contribution in [0.15, 0.2) is 47.6 Å². The molecular weight excluding hydrogens is 436 g/mol. The fourth-order valence-electron chi connectivity index (χ4n) is 4.53. The number of hydrogen-bond acceptors (Lipinski definition) is 3. The molecule has 0 spiro atoms. The number of hydrogen-bond donors (Lipinski definition) is 1. The number of nitrogens with zero attached hydrogens (tertiary/aromatic N) is 2. The molecule has 7 heteroatoms. The zero-order valence-corrected chi connectivity index (χ0v) is 19.0. The third-order valence-corrected chi connectivity index (χ3v) is 6.71. The maximum Gasteiger partial charge on any atom is 0.268 e. The van der Waals surface area contributed by atoms with Gasteiger partial charge in [-0.3, -0.25) is 9.80 Å². The van der Waals surface area contributed by atoms with Crippen LogP contribution in [0.4, 0.5) is 10.1 Å². The Kier molecular flexibility index (Phi) is 6.83. The molecule has 1 aliphatic carbocycles. The van der Waals surface area contributed by atoms with E-state index in [1.54, 1.807) is 35.3 Å². The first-order chi connectivity index (χ1) is 14.9. The predicted molar refractivity (Wildman–Crippen MR) is 124 cm³/mol. The molecule has 1 heterocycles. The Bertz CT molecular complexity index is 971. The van der Waals surface area contributed by atoms with Crippen LogP contribution in [0.5, 0.6) is 0 Å². The lowest BCUT2D eigenvalue weighted by molar-refractivity contribution is -0.115. The van der Waals surface area contributed by atoms with Gasteiger partial charge in [0.05, 0.1) is 16.8 Å². The lowest BCUT2D eigenvalue weighted by Gasteiger charge is -2.27. The van der Waals surface area contributed by atoms with Crippen LogP contribution in [0.3, 0.4) is 0 Å². The van der Waals surface area contributed by atoms with E-state index in [-0.39, 0.29) is 29.7 Å². The van der Waals surface area contributed by atoms with E-state index in [0.717, 1.165) is 31.2 Å². The minimum Gasteiger partial charge on any atom is -0.348 e. The van der Waals surface area contributed by atoms with Gasteiger partial charge in [0.15, 0.2) is 0 Å². The summed E-state index contributed by atoms with van der Waals surface area (Å²) in [7, 11) is 0. The van der Waals surface area contributed by atoms with E-state index in [1.165, 1.54) is 25.0 Å². The number of carbonyl (C=O) groups is 1. The van der Waals surface area contributed by atoms with Gasteiger partial charge in [0.25, 0.3) is 5.91 Å². The van der Waals surface area contributed by atoms with Crippen molar-refractivity contribution in [3.05, 3.63) is 63.9 Å². The SMILES string of the molecule is C[C@@H]1C(C(=O)NC2CCCCCC2)=NN(c2ccc(Cl)cc2Cl)[C@H]1c1ccc(F)cc1. The summed E-state index contributed by atoms with van der Waals surface area (Å²) in [6.07, 6.45) is 6.72. The number of anilines is 1. The van der Waals surface area contributed by atoms with Crippen LogP contribution < -0.4 is 10.3 Å². The molecule has 1 N–H and O–H groups in total. The number of benzene rings is 2. The van der Waals surface area contributed by atoms with E-state index >= 15 is 0 Å². The van der Waals surface area contributed by atoms with Gasteiger partial charge in [0, 0.05) is 17.0 Å². The molecule has 0 unspecified atom stereocenters. The summed E-state index contributed by atoms with van der Waals surface area (Å²) in [5.74, 6) is -0.653. The molecule has 1 fully saturated rings. The topological polar surface area (TPSA) is 44.7 Å². The minimum absolute atomic E-state index is 0.140. The molecule has 4 nitrogen and oxygen atoms in total. The van der Waals surface area contributed by atoms with Gasteiger partial charge in [-0.15, -0.1) is 0 Å². The van der Waals surface area contributed by atoms with Crippen molar-refractivity contribution in [1.82, 2.24) is 5.32 Å². The highest BCUT2D eigenvalue weighted by atomic mass is 35.5. The lowest BCUT2D eigenvalue weighted by Crippen LogP contribution is -2.40. The number of rotatable bonds is 4. The van der Waals surface area contributed by atoms with Crippen LogP contribution in [-0.2, 0) is 4.79 Å². The zero-order chi connectivity index (χ0) is 22.0. The number of hydrazone groups is 1. The molecule has 164 valence electrons. The van der Waals surface area contributed by atoms with E-state index in [9.17, 15) is 9.18 Å². The minimum atomic E-state index is -0.308. The molecule has 2 aliphatic rings. The molecule has 0 aromatic heterocycles. The largest absolute Gasteiger partial charge is 0.348 e. The molecule has 2 aromatic carbocycles. The molecule has 1 amide bonds. The van der Waals surface area contributed by atoms with Crippen molar-refractivity contribution >= 4 is 40.5 Å². The Labute approximate surface area is 192 Å². The Morgan fingerprint density at radius 1 is 1.06 bits per heavy atom. The van der Waals surface area contributed by atoms with E-state index in [2.05, 4.69) is 5.32 Å². The van der Waals surface area contributed by atoms with Gasteiger partial charge in [0.2, 0.25) is 0 Å². The van der Waals surface area contributed by atoms with Crippen LogP contribution in [-0.4, -0.2) is 17.7 Å². The fourth-order valence-corrected chi connectivity index (χ4v) is 5.02. The fraction of sp³-hybridized carbons (Fsp3) is 0.417. The Hall–Kier alpha value is -2.11. The van der Waals surface area contributed by atoms with Crippen molar-refractivity contribution in [2.24, 2.45) is 11.0 Å². The van der Waals surface area contributed by atoms with Gasteiger partial charge in [-0.25, -0.2) is 4.39 Å². The zero-order valence-electron chi connectivity index (χ0n) is 17.5. The lowest BCUT2D eigenvalue weighted by atomic mass is 9.90. The summed E-state index contributed by atoms with van der Waals surface area (Å²) in [4.78, 5) is 13.2. The van der Waals surface area contributed by atoms with E-state index in [1.807, 2.05) is 6.92 Å². The molecule has 2 aromatic rings. The number of carbonyl (C=O) groups excluding carboxylic acids is 1. The smallest absolute Gasteiger partial charge is 0.268 e. The normalized spacial score (nSPS) is 22.2. The van der Waals surface area contributed by atoms with Crippen molar-refractivity contribution in [1.29, 1.82) is 0 Å². The molecule has 0 radical (unpaired) electrons. The van der Waals surface area contributed by atoms with E-state index in [4.69, 9.17) is 28.3 Å². The summed E-state index contributed by atoms with van der Waals surface area (Å²) in [5.41, 5.74) is 1.98. The third kappa shape index (κ3) is 4.88. The molecule has 0 bridgehead atoms. The van der Waals surface area contributed by atoms with Crippen LogP contribution in [0.25, 0.3) is 0 Å². The predicted octanol–water partition coefficient (Wildman–Crippen LogP) is 6.52. The second-order valence-corrected chi connectivity index (χ2v) is 9.22. The van der Waals surface area contributed by atoms with Crippen LogP contribution in [0.2, 0.25) is 10.0 Å². The van der Waals surface area contributed by atoms with Gasteiger partial charge in [-0.2, -0.15) is 5.10 Å². The highest BCUT2D eigenvalue weighted by Crippen LogP contribution is 2.42. The van der Waals surface area contributed by atoms with Crippen molar-refractivity contribution < 1.29 is 9.18 Å². The van der Waals surface area contributed by atoms with Gasteiger partial charge in [0.1, 0.15) is 11.5 Å². The van der Waals surface area contributed by atoms with Crippen molar-refractivity contribution in [3.8, 4) is 0 Å². The monoisotopic (exact) mass is 461 g/mol. The molecule has 1 aliphatic heterocycles. The Balaban J connectivity index is 1.66. The first kappa shape index (κ1) is 22.1. The van der Waals surface area contributed by atoms with E-state index in [0.29, 0.717) is 21.4 Å². The van der Waals surface area contributed by atoms with Crippen molar-refractivity contribution in [3.63, 3.8) is 0 Å². The first-order valence-electron chi connectivity index (χ1n) is 10.8. The molecule has 0 saturated heterocycles. The maximum atomic E-state index is 13.6. The Morgan fingerprint density at radius 3 is 2.39 bits per heavy atom. The van der Waals surface area contributed by atoms with Crippen LogP contribution >= 0.6 is 23.2 Å². The van der Waals surface area contributed by atoms with Gasteiger partial charge < -0.3 is 5.32 Å². The highest BCUT2D eigenvalue weighted by molar-refractivity contribution is 6.41. The molecule has 1 saturated carbocycles. The van der Waals surface area contributed by atoms with Gasteiger partial charge in [-0.1, -0.05) is 67.9 Å². The van der Waals surface area contributed by atoms with Crippen molar-refractivity contribution in [2.75, 3.05) is 5.01 Å². The summed E-state index contributed by atoms with van der Waals surface area (Å²) in [6.45, 7) is 1.98. The second kappa shape index (κ2) is 9.58. The van der Waals surface area contributed by atoms with E-state index < -0.39 is 0 Å². The average molecular weight is 462 g/mol. The average Bonchev–Trinajstić information content (AvgIpc) is 2.89. The third-order valence-electron chi connectivity index (χ3n) is 6.17. The van der Waals surface area contributed by atoms with Crippen molar-refractivity contribution in [2.45, 2.75) is 57.5 Å². The summed E-state index contributed by atoms with van der Waals surface area (Å²) in [5, 5.41) is 10.6. The number of amides is 1. The molecule has 31 heavy (non-hydrogen) atoms. The van der Waals surface area contributed by atoms with Crippen LogP contribution in [0.1, 0.15) is 57.1 Å². The summed E-state index contributed by atoms with van der Waals surface area (Å²) in [6, 6.07) is 11.4. The first-order valence-corrected chi connectivity index (χ1v) is 11.6. The summed E-state index contributed by atoms with van der Waals surface area (Å²) >= 11 is 12.6. The quantitative estimate of drug-likeness (QED) is 0.526. The van der Waals surface area contributed by atoms with Gasteiger partial charge >= 0.3 is 0 Å². The standard InChI is InChI=1S/C24H26Cl2FN3O/c1-15-22(24(31)28-19-6-4-2-3-5-7-19)29-30(21-13-10-17(25)14-20(21)26)23(15)16-8-11-18(27)12-9-16/h8-15,19,23H,2-7H2,1H3,(H,28,31)/t15-,23-/m1/s1. The number of halogens is 3. The van der Waals surface area contributed by atoms with Crippen LogP contribution in [0, 0.1) is 11.7 Å². The summed E-state index contributed by atoms with van der Waals surface area (Å²) < 4.78 is 13.6. The second-order valence-electron chi connectivity index (χ2n) is 8.37. The maximum absolute atomic E-state index is 13.6. The highest BCUT2D eigenvalue weighted by Gasteiger charge is 2.40.